The number of hydrogen-bond acceptors (Lipinski definition) is 2. The zero-order chi connectivity index (χ0) is 13.1. The molecule has 2 rings (SSSR count). The zero-order valence-corrected chi connectivity index (χ0v) is 12.6. The van der Waals surface area contributed by atoms with Crippen molar-refractivity contribution in [1.82, 2.24) is 4.98 Å². The Hall–Kier alpha value is -0.890. The largest absolute Gasteiger partial charge is 0.241 e. The molecule has 2 aromatic rings. The maximum atomic E-state index is 4.68. The summed E-state index contributed by atoms with van der Waals surface area (Å²) in [5.74, 6) is 0. The van der Waals surface area contributed by atoms with Crippen LogP contribution in [0.5, 0.6) is 0 Å². The summed E-state index contributed by atoms with van der Waals surface area (Å²) in [6, 6.07) is 6.58. The molecule has 1 aromatic carbocycles. The molecule has 0 amide bonds. The average molecular weight is 249 g/mol. The van der Waals surface area contributed by atoms with Crippen LogP contribution in [-0.2, 0) is 11.8 Å². The maximum Gasteiger partial charge on any atom is 0.0992 e. The molecule has 0 fully saturated rings. The number of aromatic nitrogens is 1. The smallest absolute Gasteiger partial charge is 0.0992 e. The molecule has 1 aromatic heterocycles. The molecule has 17 heavy (non-hydrogen) atoms. The molecule has 1 heterocycles. The Bertz CT molecular complexity index is 477. The minimum Gasteiger partial charge on any atom is -0.241 e. The van der Waals surface area contributed by atoms with Gasteiger partial charge >= 0.3 is 0 Å². The molecule has 0 saturated heterocycles. The predicted molar refractivity (Wildman–Crippen MR) is 79.0 cm³/mol. The summed E-state index contributed by atoms with van der Waals surface area (Å²) in [5.41, 5.74) is 2.70. The molecular formula is C15H23NS. The van der Waals surface area contributed by atoms with Crippen molar-refractivity contribution < 1.29 is 0 Å². The van der Waals surface area contributed by atoms with Gasteiger partial charge in [-0.15, -0.1) is 11.3 Å². The highest BCUT2D eigenvalue weighted by molar-refractivity contribution is 7.18. The lowest BCUT2D eigenvalue weighted by molar-refractivity contribution is 0.587. The molecule has 0 atom stereocenters. The number of thiazole rings is 1. The van der Waals surface area contributed by atoms with E-state index in [4.69, 9.17) is 0 Å². The second-order valence-electron chi connectivity index (χ2n) is 4.92. The van der Waals surface area contributed by atoms with E-state index in [1.165, 1.54) is 15.3 Å². The number of benzene rings is 1. The van der Waals surface area contributed by atoms with E-state index in [-0.39, 0.29) is 5.41 Å². The number of hydrogen-bond donors (Lipinski definition) is 0. The molecule has 0 spiro atoms. The average Bonchev–Trinajstić information content (AvgIpc) is 2.74. The molecule has 0 aliphatic rings. The summed E-state index contributed by atoms with van der Waals surface area (Å²) in [6.07, 6.45) is 1.10. The highest BCUT2D eigenvalue weighted by atomic mass is 32.1. The van der Waals surface area contributed by atoms with Crippen molar-refractivity contribution in [2.75, 3.05) is 0 Å². The van der Waals surface area contributed by atoms with Crippen LogP contribution >= 0.6 is 11.3 Å². The molecule has 0 bridgehead atoms. The van der Waals surface area contributed by atoms with Crippen LogP contribution in [0.15, 0.2) is 18.2 Å². The molecule has 0 radical (unpaired) electrons. The van der Waals surface area contributed by atoms with E-state index in [0.717, 1.165) is 11.9 Å². The fourth-order valence-corrected chi connectivity index (χ4v) is 2.60. The van der Waals surface area contributed by atoms with E-state index in [2.05, 4.69) is 50.9 Å². The molecule has 0 unspecified atom stereocenters. The Morgan fingerprint density at radius 2 is 1.82 bits per heavy atom. The Kier molecular flexibility index (Phi) is 4.70. The lowest BCUT2D eigenvalue weighted by Gasteiger charge is -2.13. The van der Waals surface area contributed by atoms with Crippen molar-refractivity contribution in [2.24, 2.45) is 0 Å². The molecule has 0 aliphatic carbocycles. The normalized spacial score (nSPS) is 11.2. The molecule has 1 nitrogen and oxygen atoms in total. The molecular weight excluding hydrogens is 226 g/mol. The van der Waals surface area contributed by atoms with Gasteiger partial charge in [-0.05, 0) is 24.1 Å². The SMILES string of the molecule is CC.CCc1ccc2nc(C(C)(C)C)sc2c1. The predicted octanol–water partition coefficient (Wildman–Crippen LogP) is 5.18. The van der Waals surface area contributed by atoms with Crippen LogP contribution in [0.25, 0.3) is 10.2 Å². The second kappa shape index (κ2) is 5.63. The van der Waals surface area contributed by atoms with Crippen LogP contribution in [0.1, 0.15) is 52.1 Å². The van der Waals surface area contributed by atoms with Crippen LogP contribution in [-0.4, -0.2) is 4.98 Å². The van der Waals surface area contributed by atoms with Gasteiger partial charge in [-0.1, -0.05) is 47.6 Å². The third-order valence-corrected chi connectivity index (χ3v) is 3.95. The van der Waals surface area contributed by atoms with Gasteiger partial charge in [0.15, 0.2) is 0 Å². The topological polar surface area (TPSA) is 12.9 Å². The van der Waals surface area contributed by atoms with Crippen LogP contribution in [0.4, 0.5) is 0 Å². The van der Waals surface area contributed by atoms with Gasteiger partial charge in [0.25, 0.3) is 0 Å². The van der Waals surface area contributed by atoms with Crippen LogP contribution in [0, 0.1) is 0 Å². The van der Waals surface area contributed by atoms with Gasteiger partial charge in [-0.2, -0.15) is 0 Å². The number of fused-ring (bicyclic) bond motifs is 1. The van der Waals surface area contributed by atoms with Gasteiger partial charge in [-0.25, -0.2) is 4.98 Å². The van der Waals surface area contributed by atoms with Crippen LogP contribution < -0.4 is 0 Å². The van der Waals surface area contributed by atoms with Crippen LogP contribution in [0.2, 0.25) is 0 Å². The first kappa shape index (κ1) is 14.2. The van der Waals surface area contributed by atoms with Crippen LogP contribution in [0.3, 0.4) is 0 Å². The Balaban J connectivity index is 0.000000686. The summed E-state index contributed by atoms with van der Waals surface area (Å²) in [4.78, 5) is 4.68. The fourth-order valence-electron chi connectivity index (χ4n) is 1.51. The fraction of sp³-hybridized carbons (Fsp3) is 0.533. The first-order valence-electron chi connectivity index (χ1n) is 6.40. The van der Waals surface area contributed by atoms with Gasteiger partial charge in [-0.3, -0.25) is 0 Å². The minimum atomic E-state index is 0.163. The Labute approximate surface area is 109 Å². The Morgan fingerprint density at radius 1 is 1.18 bits per heavy atom. The zero-order valence-electron chi connectivity index (χ0n) is 11.8. The summed E-state index contributed by atoms with van der Waals surface area (Å²) in [6.45, 7) is 12.8. The molecule has 94 valence electrons. The van der Waals surface area contributed by atoms with Crippen molar-refractivity contribution in [1.29, 1.82) is 0 Å². The molecule has 0 saturated carbocycles. The van der Waals surface area contributed by atoms with Gasteiger partial charge < -0.3 is 0 Å². The highest BCUT2D eigenvalue weighted by Gasteiger charge is 2.18. The van der Waals surface area contributed by atoms with Crippen molar-refractivity contribution in [3.8, 4) is 0 Å². The van der Waals surface area contributed by atoms with E-state index in [9.17, 15) is 0 Å². The van der Waals surface area contributed by atoms with Gasteiger partial charge in [0.2, 0.25) is 0 Å². The third kappa shape index (κ3) is 3.29. The van der Waals surface area contributed by atoms with Gasteiger partial charge in [0.05, 0.1) is 15.2 Å². The standard InChI is InChI=1S/C13H17NS.C2H6/c1-5-9-6-7-10-11(8-9)15-12(14-10)13(2,3)4;1-2/h6-8H,5H2,1-4H3;1-2H3. The first-order valence-corrected chi connectivity index (χ1v) is 7.22. The second-order valence-corrected chi connectivity index (χ2v) is 5.96. The number of nitrogens with zero attached hydrogens (tertiary/aromatic N) is 1. The summed E-state index contributed by atoms with van der Waals surface area (Å²) in [7, 11) is 0. The maximum absolute atomic E-state index is 4.68. The van der Waals surface area contributed by atoms with E-state index < -0.39 is 0 Å². The van der Waals surface area contributed by atoms with E-state index in [1.54, 1.807) is 0 Å². The Morgan fingerprint density at radius 3 is 2.35 bits per heavy atom. The van der Waals surface area contributed by atoms with Crippen molar-refractivity contribution in [2.45, 2.75) is 53.4 Å². The quantitative estimate of drug-likeness (QED) is 0.678. The number of aryl methyl sites for hydroxylation is 1. The van der Waals surface area contributed by atoms with Crippen molar-refractivity contribution >= 4 is 21.6 Å². The summed E-state index contributed by atoms with van der Waals surface area (Å²) >= 11 is 1.82. The first-order chi connectivity index (χ1) is 8.00. The minimum absolute atomic E-state index is 0.163. The van der Waals surface area contributed by atoms with Crippen molar-refractivity contribution in [3.05, 3.63) is 28.8 Å². The lowest BCUT2D eigenvalue weighted by atomic mass is 9.98. The highest BCUT2D eigenvalue weighted by Crippen LogP contribution is 2.31. The monoisotopic (exact) mass is 249 g/mol. The third-order valence-electron chi connectivity index (χ3n) is 2.50. The van der Waals surface area contributed by atoms with E-state index >= 15 is 0 Å². The van der Waals surface area contributed by atoms with Gasteiger partial charge in [0, 0.05) is 5.41 Å². The molecule has 2 heteroatoms. The van der Waals surface area contributed by atoms with Gasteiger partial charge in [0.1, 0.15) is 0 Å². The van der Waals surface area contributed by atoms with E-state index in [1.807, 2.05) is 25.2 Å². The molecule has 0 N–H and O–H groups in total. The van der Waals surface area contributed by atoms with E-state index in [0.29, 0.717) is 0 Å². The lowest BCUT2D eigenvalue weighted by Crippen LogP contribution is -2.09. The number of rotatable bonds is 1. The molecule has 0 aliphatic heterocycles. The van der Waals surface area contributed by atoms with Crippen molar-refractivity contribution in [3.63, 3.8) is 0 Å². The summed E-state index contributed by atoms with van der Waals surface area (Å²) in [5, 5.41) is 1.23. The summed E-state index contributed by atoms with van der Waals surface area (Å²) < 4.78 is 1.32.